The molecule has 0 aliphatic heterocycles. The summed E-state index contributed by atoms with van der Waals surface area (Å²) in [6.07, 6.45) is -0.0603. The second-order valence-corrected chi connectivity index (χ2v) is 4.27. The molecule has 1 aromatic heterocycles. The molecule has 0 aromatic carbocycles. The zero-order chi connectivity index (χ0) is 13.5. The van der Waals surface area contributed by atoms with Crippen LogP contribution in [0.15, 0.2) is 16.8 Å². The lowest BCUT2D eigenvalue weighted by atomic mass is 10.1. The van der Waals surface area contributed by atoms with Gasteiger partial charge in [0.2, 0.25) is 0 Å². The Morgan fingerprint density at radius 2 is 2.22 bits per heavy atom. The number of carboxylic acid groups (broad SMARTS) is 1. The number of carboxylic acids is 1. The highest BCUT2D eigenvalue weighted by atomic mass is 32.1. The van der Waals surface area contributed by atoms with E-state index in [0.717, 1.165) is 0 Å². The molecule has 6 nitrogen and oxygen atoms in total. The second kappa shape index (κ2) is 6.75. The lowest BCUT2D eigenvalue weighted by Gasteiger charge is -2.13. The van der Waals surface area contributed by atoms with Gasteiger partial charge in [-0.3, -0.25) is 9.59 Å². The quantitative estimate of drug-likeness (QED) is 0.749. The predicted molar refractivity (Wildman–Crippen MR) is 64.5 cm³/mol. The summed E-state index contributed by atoms with van der Waals surface area (Å²) in [6.45, 7) is 0. The van der Waals surface area contributed by atoms with Gasteiger partial charge in [-0.05, 0) is 17.9 Å². The van der Waals surface area contributed by atoms with E-state index in [4.69, 9.17) is 5.11 Å². The number of amides is 1. The summed E-state index contributed by atoms with van der Waals surface area (Å²) in [5.41, 5.74) is 0.407. The molecule has 98 valence electrons. The molecule has 0 saturated carbocycles. The van der Waals surface area contributed by atoms with Crippen LogP contribution in [-0.2, 0) is 14.3 Å². The van der Waals surface area contributed by atoms with E-state index in [1.807, 2.05) is 0 Å². The van der Waals surface area contributed by atoms with E-state index in [9.17, 15) is 14.4 Å². The number of hydrogen-bond donors (Lipinski definition) is 2. The van der Waals surface area contributed by atoms with Crippen molar-refractivity contribution in [1.82, 2.24) is 5.32 Å². The summed E-state index contributed by atoms with van der Waals surface area (Å²) < 4.78 is 4.41. The maximum Gasteiger partial charge on any atom is 0.326 e. The zero-order valence-electron chi connectivity index (χ0n) is 9.71. The van der Waals surface area contributed by atoms with Gasteiger partial charge in [0.25, 0.3) is 5.91 Å². The molecule has 0 bridgehead atoms. The molecule has 0 spiro atoms. The van der Waals surface area contributed by atoms with Crippen LogP contribution in [0.4, 0.5) is 0 Å². The molecule has 0 aliphatic rings. The Bertz CT molecular complexity index is 429. The maximum atomic E-state index is 11.7. The van der Waals surface area contributed by atoms with Crippen LogP contribution in [0.25, 0.3) is 0 Å². The number of aliphatic carboxylic acids is 1. The molecule has 1 amide bonds. The Labute approximate surface area is 108 Å². The third-order valence-electron chi connectivity index (χ3n) is 2.25. The summed E-state index contributed by atoms with van der Waals surface area (Å²) in [6, 6.07) is 0.496. The van der Waals surface area contributed by atoms with E-state index < -0.39 is 23.9 Å². The first-order chi connectivity index (χ1) is 8.54. The molecule has 1 atom stereocenters. The van der Waals surface area contributed by atoms with Gasteiger partial charge in [-0.15, -0.1) is 0 Å². The average Bonchev–Trinajstić information content (AvgIpc) is 2.87. The lowest BCUT2D eigenvalue weighted by molar-refractivity contribution is -0.142. The smallest absolute Gasteiger partial charge is 0.326 e. The van der Waals surface area contributed by atoms with E-state index in [1.165, 1.54) is 18.4 Å². The molecule has 7 heteroatoms. The largest absolute Gasteiger partial charge is 0.480 e. The molecule has 0 fully saturated rings. The fourth-order valence-electron chi connectivity index (χ4n) is 1.26. The van der Waals surface area contributed by atoms with Gasteiger partial charge in [-0.25, -0.2) is 4.79 Å². The molecule has 1 aromatic rings. The van der Waals surface area contributed by atoms with Gasteiger partial charge in [0.1, 0.15) is 6.04 Å². The Morgan fingerprint density at radius 1 is 1.50 bits per heavy atom. The molecule has 1 unspecified atom stereocenters. The van der Waals surface area contributed by atoms with Crippen molar-refractivity contribution in [2.75, 3.05) is 7.11 Å². The van der Waals surface area contributed by atoms with Crippen LogP contribution < -0.4 is 5.32 Å². The number of carbonyl (C=O) groups is 3. The van der Waals surface area contributed by atoms with E-state index >= 15 is 0 Å². The molecule has 0 aliphatic carbocycles. The second-order valence-electron chi connectivity index (χ2n) is 3.49. The van der Waals surface area contributed by atoms with Gasteiger partial charge >= 0.3 is 11.9 Å². The number of ether oxygens (including phenoxy) is 1. The fraction of sp³-hybridized carbons (Fsp3) is 0.364. The number of thiophene rings is 1. The van der Waals surface area contributed by atoms with Crippen molar-refractivity contribution >= 4 is 29.2 Å². The summed E-state index contributed by atoms with van der Waals surface area (Å²) in [5.74, 6) is -2.15. The van der Waals surface area contributed by atoms with Gasteiger partial charge in [-0.1, -0.05) is 0 Å². The fourth-order valence-corrected chi connectivity index (χ4v) is 1.89. The van der Waals surface area contributed by atoms with Crippen LogP contribution in [0.1, 0.15) is 23.2 Å². The van der Waals surface area contributed by atoms with Crippen molar-refractivity contribution in [2.45, 2.75) is 18.9 Å². The predicted octanol–water partition coefficient (Wildman–Crippen LogP) is 0.884. The van der Waals surface area contributed by atoms with Crippen LogP contribution in [0.5, 0.6) is 0 Å². The maximum absolute atomic E-state index is 11.7. The highest BCUT2D eigenvalue weighted by Gasteiger charge is 2.21. The molecule has 1 heterocycles. The standard InChI is InChI=1S/C11H13NO5S/c1-17-9(13)3-2-8(11(15)16)12-10(14)7-4-5-18-6-7/h4-6,8H,2-3H2,1H3,(H,12,14)(H,15,16). The van der Waals surface area contributed by atoms with Crippen LogP contribution in [0, 0.1) is 0 Å². The number of nitrogens with one attached hydrogen (secondary N) is 1. The van der Waals surface area contributed by atoms with E-state index in [0.29, 0.717) is 5.56 Å². The first kappa shape index (κ1) is 14.2. The van der Waals surface area contributed by atoms with E-state index in [-0.39, 0.29) is 12.8 Å². The first-order valence-electron chi connectivity index (χ1n) is 5.17. The third-order valence-corrected chi connectivity index (χ3v) is 2.93. The Kier molecular flexibility index (Phi) is 5.31. The lowest BCUT2D eigenvalue weighted by Crippen LogP contribution is -2.41. The van der Waals surface area contributed by atoms with E-state index in [1.54, 1.807) is 16.8 Å². The number of esters is 1. The summed E-state index contributed by atoms with van der Waals surface area (Å²) in [4.78, 5) is 33.5. The topological polar surface area (TPSA) is 92.7 Å². The molecular formula is C11H13NO5S. The summed E-state index contributed by atoms with van der Waals surface area (Å²) in [5, 5.41) is 14.6. The SMILES string of the molecule is COC(=O)CCC(NC(=O)c1ccsc1)C(=O)O. The third kappa shape index (κ3) is 4.17. The van der Waals surface area contributed by atoms with Crippen molar-refractivity contribution in [1.29, 1.82) is 0 Å². The minimum atomic E-state index is -1.18. The van der Waals surface area contributed by atoms with Crippen molar-refractivity contribution < 1.29 is 24.2 Å². The monoisotopic (exact) mass is 271 g/mol. The number of carbonyl (C=O) groups excluding carboxylic acids is 2. The molecule has 1 rings (SSSR count). The average molecular weight is 271 g/mol. The highest BCUT2D eigenvalue weighted by molar-refractivity contribution is 7.08. The Balaban J connectivity index is 2.55. The van der Waals surface area contributed by atoms with Crippen LogP contribution in [-0.4, -0.2) is 36.1 Å². The van der Waals surface area contributed by atoms with Crippen molar-refractivity contribution in [3.05, 3.63) is 22.4 Å². The summed E-state index contributed by atoms with van der Waals surface area (Å²) >= 11 is 1.34. The summed E-state index contributed by atoms with van der Waals surface area (Å²) in [7, 11) is 1.22. The van der Waals surface area contributed by atoms with Crippen molar-refractivity contribution in [2.24, 2.45) is 0 Å². The molecule has 0 saturated heterocycles. The van der Waals surface area contributed by atoms with Gasteiger partial charge in [-0.2, -0.15) is 11.3 Å². The molecule has 0 radical (unpaired) electrons. The van der Waals surface area contributed by atoms with Gasteiger partial charge in [0, 0.05) is 11.8 Å². The van der Waals surface area contributed by atoms with Gasteiger partial charge in [0.15, 0.2) is 0 Å². The van der Waals surface area contributed by atoms with Gasteiger partial charge in [0.05, 0.1) is 12.7 Å². The first-order valence-corrected chi connectivity index (χ1v) is 6.11. The minimum absolute atomic E-state index is 0.00210. The van der Waals surface area contributed by atoms with Crippen LogP contribution in [0.3, 0.4) is 0 Å². The van der Waals surface area contributed by atoms with Gasteiger partial charge < -0.3 is 15.2 Å². The number of rotatable bonds is 6. The Morgan fingerprint density at radius 3 is 2.72 bits per heavy atom. The molecule has 2 N–H and O–H groups in total. The zero-order valence-corrected chi connectivity index (χ0v) is 10.5. The van der Waals surface area contributed by atoms with Crippen LogP contribution >= 0.6 is 11.3 Å². The minimum Gasteiger partial charge on any atom is -0.480 e. The van der Waals surface area contributed by atoms with Crippen molar-refractivity contribution in [3.8, 4) is 0 Å². The molecule has 18 heavy (non-hydrogen) atoms. The van der Waals surface area contributed by atoms with Crippen LogP contribution in [0.2, 0.25) is 0 Å². The number of hydrogen-bond acceptors (Lipinski definition) is 5. The normalized spacial score (nSPS) is 11.6. The van der Waals surface area contributed by atoms with Crippen molar-refractivity contribution in [3.63, 3.8) is 0 Å². The Hall–Kier alpha value is -1.89. The number of methoxy groups -OCH3 is 1. The van der Waals surface area contributed by atoms with E-state index in [2.05, 4.69) is 10.1 Å². The molecular weight excluding hydrogens is 258 g/mol. The highest BCUT2D eigenvalue weighted by Crippen LogP contribution is 2.07.